The van der Waals surface area contributed by atoms with Crippen LogP contribution >= 0.6 is 23.5 Å². The zero-order chi connectivity index (χ0) is 18.1. The molecule has 2 rings (SSSR count). The largest absolute Gasteiger partial charge is 0.481 e. The van der Waals surface area contributed by atoms with Gasteiger partial charge in [0.15, 0.2) is 40.5 Å². The van der Waals surface area contributed by atoms with Gasteiger partial charge in [0.25, 0.3) is 0 Å². The number of methoxy groups -OCH3 is 1. The second-order valence-corrected chi connectivity index (χ2v) is 4.57. The van der Waals surface area contributed by atoms with Crippen LogP contribution in [0.1, 0.15) is 24.5 Å². The van der Waals surface area contributed by atoms with Gasteiger partial charge in [0.2, 0.25) is 5.90 Å². The van der Waals surface area contributed by atoms with Crippen LogP contribution in [0.3, 0.4) is 0 Å². The van der Waals surface area contributed by atoms with Crippen molar-refractivity contribution in [1.82, 2.24) is 17.5 Å². The number of amidine groups is 2. The fourth-order valence-electron chi connectivity index (χ4n) is 1.12. The van der Waals surface area contributed by atoms with Gasteiger partial charge in [0.1, 0.15) is 0 Å². The predicted octanol–water partition coefficient (Wildman–Crippen LogP) is 0.424. The zero-order valence-corrected chi connectivity index (χ0v) is 13.5. The van der Waals surface area contributed by atoms with Crippen LogP contribution in [0.15, 0.2) is 10.3 Å². The number of nitrogens with two attached hydrogens (primary N) is 2. The minimum Gasteiger partial charge on any atom is -0.481 e. The summed E-state index contributed by atoms with van der Waals surface area (Å²) in [6.45, 7) is 6.65. The quantitative estimate of drug-likeness (QED) is 0.163. The molecule has 0 atom stereocenters. The monoisotopic (exact) mass is 386 g/mol. The van der Waals surface area contributed by atoms with E-state index in [0.717, 1.165) is 23.5 Å². The number of nitrogens with one attached hydrogen (secondary N) is 1. The van der Waals surface area contributed by atoms with E-state index in [-0.39, 0.29) is 47.9 Å². The lowest BCUT2D eigenvalue weighted by molar-refractivity contribution is 0.317. The molecule has 0 spiro atoms. The normalized spacial score (nSPS) is 10.7. The van der Waals surface area contributed by atoms with Crippen LogP contribution in [-0.2, 0) is 4.74 Å². The van der Waals surface area contributed by atoms with E-state index < -0.39 is 0 Å². The molecule has 2 heterocycles. The van der Waals surface area contributed by atoms with Crippen molar-refractivity contribution >= 4 is 46.8 Å². The van der Waals surface area contributed by atoms with Gasteiger partial charge in [-0.2, -0.15) is 13.1 Å². The third kappa shape index (κ3) is 5.33. The second-order valence-electron chi connectivity index (χ2n) is 3.51. The molecule has 0 radical (unpaired) electrons. The Balaban J connectivity index is 0.000000449. The Morgan fingerprint density at radius 3 is 1.92 bits per heavy atom. The van der Waals surface area contributed by atoms with Crippen molar-refractivity contribution in [3.05, 3.63) is 28.5 Å². The fourth-order valence-corrected chi connectivity index (χ4v) is 2.17. The van der Waals surface area contributed by atoms with Gasteiger partial charge in [-0.15, -0.1) is 0 Å². The molecule has 134 valence electrons. The maximum absolute atomic E-state index is 8.34. The molecule has 7 N–H and O–H groups in total. The molecule has 0 saturated carbocycles. The van der Waals surface area contributed by atoms with Crippen molar-refractivity contribution in [3.63, 3.8) is 0 Å². The Hall–Kier alpha value is -3.38. The van der Waals surface area contributed by atoms with E-state index in [2.05, 4.69) is 37.4 Å². The van der Waals surface area contributed by atoms with E-state index in [4.69, 9.17) is 33.9 Å². The molecule has 0 amide bonds. The molecular weight excluding hydrogens is 372 g/mol. The summed E-state index contributed by atoms with van der Waals surface area (Å²) < 4.78 is 19.4. The highest BCUT2D eigenvalue weighted by Crippen LogP contribution is 2.15. The summed E-state index contributed by atoms with van der Waals surface area (Å²) in [6, 6.07) is 0. The highest BCUT2D eigenvalue weighted by atomic mass is 32.1. The predicted molar refractivity (Wildman–Crippen MR) is 91.7 cm³/mol. The van der Waals surface area contributed by atoms with Gasteiger partial charge in [-0.3, -0.25) is 5.41 Å². The average Bonchev–Trinajstić information content (AvgIpc) is 3.28. The van der Waals surface area contributed by atoms with Gasteiger partial charge < -0.3 is 31.5 Å². The van der Waals surface area contributed by atoms with Crippen molar-refractivity contribution in [1.29, 1.82) is 5.41 Å². The van der Waals surface area contributed by atoms with Crippen molar-refractivity contribution < 1.29 is 15.2 Å². The first kappa shape index (κ1) is 21.6. The SMILES string of the molecule is C.NC(=NO)c1nsnc1C(N)=NO.[C-]#[N+]c1nsnc1C(=N)OC. The van der Waals surface area contributed by atoms with Crippen LogP contribution in [0, 0.1) is 12.0 Å². The molecule has 2 aromatic rings. The van der Waals surface area contributed by atoms with Gasteiger partial charge in [-0.1, -0.05) is 24.3 Å². The number of nitrogens with zero attached hydrogens (tertiary/aromatic N) is 7. The number of ether oxygens (including phenoxy) is 1. The number of oxime groups is 2. The van der Waals surface area contributed by atoms with Gasteiger partial charge in [-0.25, -0.2) is 0 Å². The lowest BCUT2D eigenvalue weighted by Gasteiger charge is -1.95. The van der Waals surface area contributed by atoms with Gasteiger partial charge in [-0.05, 0) is 4.37 Å². The third-order valence-corrected chi connectivity index (χ3v) is 3.23. The Kier molecular flexibility index (Phi) is 9.00. The summed E-state index contributed by atoms with van der Waals surface area (Å²) >= 11 is 1.71. The van der Waals surface area contributed by atoms with Crippen molar-refractivity contribution in [3.8, 4) is 0 Å². The van der Waals surface area contributed by atoms with E-state index in [9.17, 15) is 0 Å². The molecule has 0 aliphatic rings. The van der Waals surface area contributed by atoms with E-state index in [0.29, 0.717) is 0 Å². The van der Waals surface area contributed by atoms with Crippen LogP contribution in [0.5, 0.6) is 0 Å². The first-order valence-corrected chi connectivity index (χ1v) is 7.07. The Labute approximate surface area is 150 Å². The molecule has 0 aromatic carbocycles. The molecule has 0 unspecified atom stereocenters. The summed E-state index contributed by atoms with van der Waals surface area (Å²) in [5.74, 6) is -0.475. The van der Waals surface area contributed by atoms with E-state index in [1.54, 1.807) is 0 Å². The van der Waals surface area contributed by atoms with E-state index >= 15 is 0 Å². The minimum absolute atomic E-state index is 0. The summed E-state index contributed by atoms with van der Waals surface area (Å²) in [6.07, 6.45) is 0. The standard InChI is InChI=1S/C5H4N4OS.C4H6N6O2S.CH4/c1-7-5-3(4(6)10-2)8-11-9-5;5-3(7-11)1-2(4(6)8-12)10-13-9-1;/h6H,2H3;11-12H,(H2,5,7)(H2,6,8);1H4. The molecule has 13 nitrogen and oxygen atoms in total. The number of hydrogen-bond donors (Lipinski definition) is 5. The molecule has 25 heavy (non-hydrogen) atoms. The molecule has 0 aliphatic carbocycles. The third-order valence-electron chi connectivity index (χ3n) is 2.19. The van der Waals surface area contributed by atoms with Crippen LogP contribution in [0.4, 0.5) is 5.82 Å². The van der Waals surface area contributed by atoms with Crippen molar-refractivity contribution in [2.75, 3.05) is 7.11 Å². The Bertz CT molecular complexity index is 773. The van der Waals surface area contributed by atoms with Crippen molar-refractivity contribution in [2.45, 2.75) is 7.43 Å². The van der Waals surface area contributed by atoms with Gasteiger partial charge >= 0.3 is 5.82 Å². The highest BCUT2D eigenvalue weighted by Gasteiger charge is 2.16. The number of aromatic nitrogens is 4. The molecule has 2 aromatic heterocycles. The first-order valence-electron chi connectivity index (χ1n) is 5.61. The first-order chi connectivity index (χ1) is 11.5. The van der Waals surface area contributed by atoms with E-state index in [1.807, 2.05) is 0 Å². The smallest absolute Gasteiger partial charge is 0.317 e. The van der Waals surface area contributed by atoms with E-state index in [1.165, 1.54) is 7.11 Å². The number of rotatable bonds is 3. The Morgan fingerprint density at radius 1 is 1.08 bits per heavy atom. The molecule has 0 fully saturated rings. The minimum atomic E-state index is -0.240. The maximum Gasteiger partial charge on any atom is 0.317 e. The lowest BCUT2D eigenvalue weighted by Crippen LogP contribution is -2.22. The molecular formula is C10H14N10O3S2. The van der Waals surface area contributed by atoms with Crippen LogP contribution in [0.2, 0.25) is 0 Å². The van der Waals surface area contributed by atoms with Crippen LogP contribution in [0.25, 0.3) is 4.85 Å². The summed E-state index contributed by atoms with van der Waals surface area (Å²) in [5.41, 5.74) is 10.9. The van der Waals surface area contributed by atoms with Gasteiger partial charge in [0, 0.05) is 0 Å². The molecule has 15 heteroatoms. The molecule has 0 saturated heterocycles. The number of hydrogen-bond acceptors (Lipinski definition) is 12. The fraction of sp³-hybridized carbons (Fsp3) is 0.200. The van der Waals surface area contributed by atoms with Crippen molar-refractivity contribution in [2.24, 2.45) is 21.8 Å². The van der Waals surface area contributed by atoms with Crippen LogP contribution < -0.4 is 11.5 Å². The molecule has 0 aliphatic heterocycles. The average molecular weight is 386 g/mol. The summed E-state index contributed by atoms with van der Waals surface area (Å²) in [4.78, 5) is 3.07. The summed E-state index contributed by atoms with van der Waals surface area (Å²) in [7, 11) is 1.36. The lowest BCUT2D eigenvalue weighted by atomic mass is 10.3. The zero-order valence-electron chi connectivity index (χ0n) is 11.9. The second kappa shape index (κ2) is 10.4. The topological polar surface area (TPSA) is 206 Å². The molecule has 0 bridgehead atoms. The van der Waals surface area contributed by atoms with Crippen LogP contribution in [-0.4, -0.2) is 52.6 Å². The maximum atomic E-state index is 8.34. The Morgan fingerprint density at radius 2 is 1.52 bits per heavy atom. The van der Waals surface area contributed by atoms with Gasteiger partial charge in [0.05, 0.1) is 18.8 Å². The highest BCUT2D eigenvalue weighted by molar-refractivity contribution is 6.99. The summed E-state index contributed by atoms with van der Waals surface area (Å²) in [5, 5.41) is 29.3.